The minimum Gasteiger partial charge on any atom is -0.354 e. The molecule has 0 unspecified atom stereocenters. The summed E-state index contributed by atoms with van der Waals surface area (Å²) in [4.78, 5) is 17.3. The molecule has 0 radical (unpaired) electrons. The molecule has 2 aromatic carbocycles. The third-order valence-corrected chi connectivity index (χ3v) is 6.40. The lowest BCUT2D eigenvalue weighted by molar-refractivity contribution is -0.123. The number of nitrogens with one attached hydrogen (secondary N) is 1. The monoisotopic (exact) mass is 377 g/mol. The molecule has 1 N–H and O–H groups in total. The molecule has 0 atom stereocenters. The van der Waals surface area contributed by atoms with Crippen molar-refractivity contribution in [3.05, 3.63) is 71.8 Å². The zero-order valence-electron chi connectivity index (χ0n) is 16.6. The van der Waals surface area contributed by atoms with Gasteiger partial charge in [-0.25, -0.2) is 0 Å². The molecule has 148 valence electrons. The van der Waals surface area contributed by atoms with Crippen molar-refractivity contribution < 1.29 is 4.79 Å². The van der Waals surface area contributed by atoms with Gasteiger partial charge in [-0.3, -0.25) is 14.6 Å². The largest absolute Gasteiger partial charge is 0.354 e. The van der Waals surface area contributed by atoms with Crippen LogP contribution < -0.4 is 5.32 Å². The molecule has 1 saturated carbocycles. The Bertz CT molecular complexity index is 750. The van der Waals surface area contributed by atoms with Crippen LogP contribution >= 0.6 is 0 Å². The first kappa shape index (κ1) is 19.2. The molecule has 2 aromatic rings. The minimum absolute atomic E-state index is 0.158. The van der Waals surface area contributed by atoms with Crippen LogP contribution in [0.2, 0.25) is 0 Å². The van der Waals surface area contributed by atoms with Crippen LogP contribution in [0, 0.1) is 0 Å². The van der Waals surface area contributed by atoms with E-state index in [0.717, 1.165) is 39.3 Å². The first-order valence-electron chi connectivity index (χ1n) is 10.5. The molecule has 4 nitrogen and oxygen atoms in total. The Morgan fingerprint density at radius 1 is 0.857 bits per heavy atom. The fourth-order valence-electron chi connectivity index (χ4n) is 4.44. The van der Waals surface area contributed by atoms with Crippen LogP contribution in [0.4, 0.5) is 0 Å². The normalized spacial score (nSPS) is 19.7. The number of carbonyl (C=O) groups is 1. The molecule has 2 aliphatic rings. The molecule has 28 heavy (non-hydrogen) atoms. The van der Waals surface area contributed by atoms with Crippen molar-refractivity contribution in [2.45, 2.75) is 31.2 Å². The fraction of sp³-hybridized carbons (Fsp3) is 0.458. The molecular weight excluding hydrogens is 346 g/mol. The summed E-state index contributed by atoms with van der Waals surface area (Å²) in [7, 11) is 0. The first-order valence-corrected chi connectivity index (χ1v) is 10.5. The number of amides is 1. The lowest BCUT2D eigenvalue weighted by Gasteiger charge is -2.43. The second kappa shape index (κ2) is 8.89. The second-order valence-electron chi connectivity index (χ2n) is 8.31. The van der Waals surface area contributed by atoms with Gasteiger partial charge in [-0.05, 0) is 24.0 Å². The van der Waals surface area contributed by atoms with Crippen molar-refractivity contribution in [3.63, 3.8) is 0 Å². The topological polar surface area (TPSA) is 35.6 Å². The Labute approximate surface area is 168 Å². The van der Waals surface area contributed by atoms with Gasteiger partial charge < -0.3 is 5.32 Å². The van der Waals surface area contributed by atoms with Crippen molar-refractivity contribution in [1.82, 2.24) is 15.1 Å². The van der Waals surface area contributed by atoms with Crippen molar-refractivity contribution in [2.24, 2.45) is 0 Å². The van der Waals surface area contributed by atoms with E-state index < -0.39 is 0 Å². The molecule has 4 heteroatoms. The Morgan fingerprint density at radius 2 is 1.46 bits per heavy atom. The molecule has 0 bridgehead atoms. The van der Waals surface area contributed by atoms with Crippen LogP contribution in [0.15, 0.2) is 60.7 Å². The van der Waals surface area contributed by atoms with Crippen molar-refractivity contribution >= 4 is 5.91 Å². The second-order valence-corrected chi connectivity index (χ2v) is 8.31. The highest BCUT2D eigenvalue weighted by Crippen LogP contribution is 2.43. The molecule has 2 fully saturated rings. The summed E-state index contributed by atoms with van der Waals surface area (Å²) >= 11 is 0. The number of hydrogen-bond acceptors (Lipinski definition) is 3. The van der Waals surface area contributed by atoms with E-state index in [1.807, 2.05) is 0 Å². The van der Waals surface area contributed by atoms with Gasteiger partial charge in [0.25, 0.3) is 0 Å². The Balaban J connectivity index is 1.21. The van der Waals surface area contributed by atoms with Gasteiger partial charge in [0.15, 0.2) is 0 Å². The molecule has 4 rings (SSSR count). The fourth-order valence-corrected chi connectivity index (χ4v) is 4.44. The average molecular weight is 378 g/mol. The van der Waals surface area contributed by atoms with Crippen LogP contribution in [0.3, 0.4) is 0 Å². The van der Waals surface area contributed by atoms with Crippen LogP contribution in [0.25, 0.3) is 0 Å². The van der Waals surface area contributed by atoms with E-state index in [0.29, 0.717) is 6.54 Å². The van der Waals surface area contributed by atoms with Crippen molar-refractivity contribution in [2.75, 3.05) is 39.3 Å². The van der Waals surface area contributed by atoms with Gasteiger partial charge >= 0.3 is 0 Å². The predicted octanol–water partition coefficient (Wildman–Crippen LogP) is 3.04. The number of carbonyl (C=O) groups excluding carboxylic acids is 1. The highest BCUT2D eigenvalue weighted by Gasteiger charge is 2.38. The van der Waals surface area contributed by atoms with Crippen molar-refractivity contribution in [3.8, 4) is 0 Å². The third kappa shape index (κ3) is 4.62. The Hall–Kier alpha value is -2.17. The highest BCUT2D eigenvalue weighted by atomic mass is 16.2. The number of piperazine rings is 1. The summed E-state index contributed by atoms with van der Waals surface area (Å²) in [5, 5.41) is 3.23. The summed E-state index contributed by atoms with van der Waals surface area (Å²) in [6.07, 6.45) is 3.61. The molecule has 1 aliphatic heterocycles. The van der Waals surface area contributed by atoms with E-state index in [-0.39, 0.29) is 11.3 Å². The molecular formula is C24H31N3O. The van der Waals surface area contributed by atoms with E-state index in [4.69, 9.17) is 0 Å². The van der Waals surface area contributed by atoms with E-state index >= 15 is 0 Å². The zero-order valence-corrected chi connectivity index (χ0v) is 16.6. The van der Waals surface area contributed by atoms with E-state index in [2.05, 4.69) is 75.8 Å². The quantitative estimate of drug-likeness (QED) is 0.806. The number of benzene rings is 2. The number of nitrogens with zero attached hydrogens (tertiary/aromatic N) is 2. The van der Waals surface area contributed by atoms with Gasteiger partial charge in [-0.1, -0.05) is 67.1 Å². The third-order valence-electron chi connectivity index (χ3n) is 6.40. The van der Waals surface area contributed by atoms with E-state index in [9.17, 15) is 4.79 Å². The minimum atomic E-state index is 0.158. The maximum atomic E-state index is 12.5. The van der Waals surface area contributed by atoms with Crippen LogP contribution in [0.1, 0.15) is 30.4 Å². The van der Waals surface area contributed by atoms with E-state index in [1.165, 1.54) is 30.4 Å². The summed E-state index contributed by atoms with van der Waals surface area (Å²) < 4.78 is 0. The van der Waals surface area contributed by atoms with E-state index in [1.54, 1.807) is 0 Å². The van der Waals surface area contributed by atoms with Crippen LogP contribution in [0.5, 0.6) is 0 Å². The Kier molecular flexibility index (Phi) is 6.08. The smallest absolute Gasteiger partial charge is 0.234 e. The Morgan fingerprint density at radius 3 is 2.07 bits per heavy atom. The number of hydrogen-bond donors (Lipinski definition) is 1. The standard InChI is InChI=1S/C24H31N3O/c28-23(25-20-24(12-7-13-24)22-10-5-2-6-11-22)19-27-16-14-26(15-17-27)18-21-8-3-1-4-9-21/h1-6,8-11H,7,12-20H2,(H,25,28). The van der Waals surface area contributed by atoms with Gasteiger partial charge in [-0.2, -0.15) is 0 Å². The van der Waals surface area contributed by atoms with Crippen LogP contribution in [-0.4, -0.2) is 55.0 Å². The van der Waals surface area contributed by atoms with Gasteiger partial charge in [0, 0.05) is 44.7 Å². The molecule has 1 heterocycles. The lowest BCUT2D eigenvalue weighted by atomic mass is 9.64. The summed E-state index contributed by atoms with van der Waals surface area (Å²) in [6, 6.07) is 21.3. The molecule has 0 aromatic heterocycles. The summed E-state index contributed by atoms with van der Waals surface area (Å²) in [5.41, 5.74) is 2.89. The predicted molar refractivity (Wildman–Crippen MR) is 113 cm³/mol. The molecule has 1 saturated heterocycles. The summed E-state index contributed by atoms with van der Waals surface area (Å²) in [5.74, 6) is 0.165. The highest BCUT2D eigenvalue weighted by molar-refractivity contribution is 5.78. The number of rotatable bonds is 7. The first-order chi connectivity index (χ1) is 13.7. The van der Waals surface area contributed by atoms with Gasteiger partial charge in [0.2, 0.25) is 5.91 Å². The summed E-state index contributed by atoms with van der Waals surface area (Å²) in [6.45, 7) is 6.26. The van der Waals surface area contributed by atoms with Crippen molar-refractivity contribution in [1.29, 1.82) is 0 Å². The van der Waals surface area contributed by atoms with Gasteiger partial charge in [0.05, 0.1) is 6.54 Å². The SMILES string of the molecule is O=C(CN1CCN(Cc2ccccc2)CC1)NCC1(c2ccccc2)CCC1. The van der Waals surface area contributed by atoms with Gasteiger partial charge in [-0.15, -0.1) is 0 Å². The van der Waals surface area contributed by atoms with Gasteiger partial charge in [0.1, 0.15) is 0 Å². The molecule has 1 amide bonds. The average Bonchev–Trinajstić information content (AvgIpc) is 2.70. The molecule has 0 spiro atoms. The maximum Gasteiger partial charge on any atom is 0.234 e. The molecule has 1 aliphatic carbocycles. The maximum absolute atomic E-state index is 12.5. The van der Waals surface area contributed by atoms with Crippen LogP contribution in [-0.2, 0) is 16.8 Å². The lowest BCUT2D eigenvalue weighted by Crippen LogP contribution is -2.51. The zero-order chi connectivity index (χ0) is 19.2.